The summed E-state index contributed by atoms with van der Waals surface area (Å²) in [5, 5.41) is 5.51. The minimum absolute atomic E-state index is 0.266. The zero-order valence-corrected chi connectivity index (χ0v) is 11.8. The average molecular weight is 269 g/mol. The Balaban J connectivity index is 2.14. The van der Waals surface area contributed by atoms with E-state index in [1.54, 1.807) is 0 Å². The zero-order valence-electron chi connectivity index (χ0n) is 10.9. The highest BCUT2D eigenvalue weighted by atomic mass is 32.2. The second kappa shape index (κ2) is 4.90. The molecule has 0 fully saturated rings. The Morgan fingerprint density at radius 1 is 1.39 bits per heavy atom. The van der Waals surface area contributed by atoms with Crippen LogP contribution in [0.5, 0.6) is 11.5 Å². The molecule has 100 valence electrons. The molecule has 4 nitrogen and oxygen atoms in total. The summed E-state index contributed by atoms with van der Waals surface area (Å²) in [4.78, 5) is 0. The van der Waals surface area contributed by atoms with Crippen LogP contribution in [0.25, 0.3) is 0 Å². The predicted octanol–water partition coefficient (Wildman–Crippen LogP) is 2.31. The monoisotopic (exact) mass is 269 g/mol. The SMILES string of the molecule is C[C@@H](CC(C)(C)S(N)=O)c1ccc2c(c1)OCO2. The van der Waals surface area contributed by atoms with E-state index < -0.39 is 15.7 Å². The first-order chi connectivity index (χ1) is 8.40. The van der Waals surface area contributed by atoms with Crippen molar-refractivity contribution in [1.82, 2.24) is 0 Å². The number of benzene rings is 1. The molecule has 0 saturated heterocycles. The molecule has 0 spiro atoms. The van der Waals surface area contributed by atoms with Gasteiger partial charge in [0.05, 0.1) is 15.7 Å². The average Bonchev–Trinajstić information content (AvgIpc) is 2.74. The van der Waals surface area contributed by atoms with E-state index in [0.717, 1.165) is 23.5 Å². The van der Waals surface area contributed by atoms with Crippen LogP contribution in [0, 0.1) is 0 Å². The standard InChI is InChI=1S/C13H19NO3S/c1-9(7-13(2,3)18(14)15)10-4-5-11-12(6-10)17-8-16-11/h4-6,9H,7-8,14H2,1-3H3/t9-,18?/m0/s1. The molecule has 1 unspecified atom stereocenters. The fraction of sp³-hybridized carbons (Fsp3) is 0.538. The van der Waals surface area contributed by atoms with Crippen LogP contribution in [-0.2, 0) is 11.0 Å². The predicted molar refractivity (Wildman–Crippen MR) is 72.0 cm³/mol. The van der Waals surface area contributed by atoms with Gasteiger partial charge in [0.25, 0.3) is 0 Å². The van der Waals surface area contributed by atoms with Crippen LogP contribution in [0.4, 0.5) is 0 Å². The topological polar surface area (TPSA) is 61.6 Å². The van der Waals surface area contributed by atoms with Crippen molar-refractivity contribution in [2.75, 3.05) is 6.79 Å². The zero-order chi connectivity index (χ0) is 13.3. The molecule has 0 aliphatic carbocycles. The molecule has 18 heavy (non-hydrogen) atoms. The van der Waals surface area contributed by atoms with Crippen molar-refractivity contribution in [3.8, 4) is 11.5 Å². The first kappa shape index (κ1) is 13.4. The number of fused-ring (bicyclic) bond motifs is 1. The maximum atomic E-state index is 11.5. The molecular formula is C13H19NO3S. The molecule has 5 heteroatoms. The summed E-state index contributed by atoms with van der Waals surface area (Å²) < 4.78 is 21.7. The summed E-state index contributed by atoms with van der Waals surface area (Å²) in [6, 6.07) is 5.93. The molecule has 2 N–H and O–H groups in total. The number of rotatable bonds is 4. The lowest BCUT2D eigenvalue weighted by Crippen LogP contribution is -2.33. The van der Waals surface area contributed by atoms with Gasteiger partial charge in [-0.2, -0.15) is 0 Å². The first-order valence-electron chi connectivity index (χ1n) is 5.96. The van der Waals surface area contributed by atoms with E-state index in [1.165, 1.54) is 0 Å². The Bertz CT molecular complexity index is 473. The highest BCUT2D eigenvalue weighted by molar-refractivity contribution is 7.84. The lowest BCUT2D eigenvalue weighted by atomic mass is 9.91. The molecule has 1 heterocycles. The molecule has 2 atom stereocenters. The van der Waals surface area contributed by atoms with Crippen LogP contribution in [0.2, 0.25) is 0 Å². The normalized spacial score (nSPS) is 17.6. The van der Waals surface area contributed by atoms with Crippen molar-refractivity contribution in [1.29, 1.82) is 0 Å². The number of ether oxygens (including phenoxy) is 2. The third-order valence-electron chi connectivity index (χ3n) is 3.31. The smallest absolute Gasteiger partial charge is 0.231 e. The molecular weight excluding hydrogens is 250 g/mol. The second-order valence-electron chi connectivity index (χ2n) is 5.27. The van der Waals surface area contributed by atoms with Crippen LogP contribution < -0.4 is 14.6 Å². The minimum atomic E-state index is -1.33. The van der Waals surface area contributed by atoms with Gasteiger partial charge in [-0.25, -0.2) is 4.21 Å². The maximum Gasteiger partial charge on any atom is 0.231 e. The van der Waals surface area contributed by atoms with E-state index in [1.807, 2.05) is 32.0 Å². The largest absolute Gasteiger partial charge is 0.454 e. The molecule has 1 aromatic rings. The molecule has 0 bridgehead atoms. The van der Waals surface area contributed by atoms with Gasteiger partial charge in [0.2, 0.25) is 6.79 Å². The van der Waals surface area contributed by atoms with Crippen LogP contribution in [0.15, 0.2) is 18.2 Å². The van der Waals surface area contributed by atoms with Crippen LogP contribution in [0.1, 0.15) is 38.7 Å². The third-order valence-corrected chi connectivity index (χ3v) is 4.56. The molecule has 0 amide bonds. The highest BCUT2D eigenvalue weighted by Crippen LogP contribution is 2.36. The summed E-state index contributed by atoms with van der Waals surface area (Å²) >= 11 is 0. The van der Waals surface area contributed by atoms with Gasteiger partial charge in [-0.1, -0.05) is 13.0 Å². The Kier molecular flexibility index (Phi) is 3.64. The van der Waals surface area contributed by atoms with E-state index in [4.69, 9.17) is 14.6 Å². The van der Waals surface area contributed by atoms with Crippen molar-refractivity contribution in [2.45, 2.75) is 37.9 Å². The van der Waals surface area contributed by atoms with E-state index in [9.17, 15) is 4.21 Å². The van der Waals surface area contributed by atoms with Gasteiger partial charge in [-0.05, 0) is 43.9 Å². The molecule has 1 aliphatic rings. The van der Waals surface area contributed by atoms with E-state index in [0.29, 0.717) is 0 Å². The first-order valence-corrected chi connectivity index (χ1v) is 7.17. The lowest BCUT2D eigenvalue weighted by molar-refractivity contribution is 0.174. The van der Waals surface area contributed by atoms with Gasteiger partial charge in [0, 0.05) is 0 Å². The van der Waals surface area contributed by atoms with Crippen molar-refractivity contribution < 1.29 is 13.7 Å². The van der Waals surface area contributed by atoms with Gasteiger partial charge >= 0.3 is 0 Å². The molecule has 2 rings (SSSR count). The van der Waals surface area contributed by atoms with Gasteiger partial charge in [0.1, 0.15) is 0 Å². The summed E-state index contributed by atoms with van der Waals surface area (Å²) in [5.41, 5.74) is 1.15. The maximum absolute atomic E-state index is 11.5. The Morgan fingerprint density at radius 3 is 2.72 bits per heavy atom. The lowest BCUT2D eigenvalue weighted by Gasteiger charge is -2.25. The van der Waals surface area contributed by atoms with E-state index >= 15 is 0 Å². The van der Waals surface area contributed by atoms with Gasteiger partial charge in [-0.15, -0.1) is 0 Å². The van der Waals surface area contributed by atoms with E-state index in [-0.39, 0.29) is 12.7 Å². The number of hydrogen-bond acceptors (Lipinski definition) is 3. The Morgan fingerprint density at radius 2 is 2.06 bits per heavy atom. The fourth-order valence-electron chi connectivity index (χ4n) is 2.16. The van der Waals surface area contributed by atoms with Crippen LogP contribution in [-0.4, -0.2) is 15.7 Å². The molecule has 1 aromatic carbocycles. The molecule has 1 aliphatic heterocycles. The van der Waals surface area contributed by atoms with Crippen molar-refractivity contribution in [3.63, 3.8) is 0 Å². The summed E-state index contributed by atoms with van der Waals surface area (Å²) in [7, 11) is -1.33. The van der Waals surface area contributed by atoms with Crippen molar-refractivity contribution in [3.05, 3.63) is 23.8 Å². The Hall–Kier alpha value is -1.07. The van der Waals surface area contributed by atoms with Crippen LogP contribution in [0.3, 0.4) is 0 Å². The quantitative estimate of drug-likeness (QED) is 0.912. The number of nitrogens with two attached hydrogens (primary N) is 1. The molecule has 0 radical (unpaired) electrons. The van der Waals surface area contributed by atoms with Gasteiger partial charge in [0.15, 0.2) is 11.5 Å². The Labute approximate surface area is 110 Å². The van der Waals surface area contributed by atoms with Gasteiger partial charge in [-0.3, -0.25) is 5.14 Å². The summed E-state index contributed by atoms with van der Waals surface area (Å²) in [5.74, 6) is 1.83. The van der Waals surface area contributed by atoms with Gasteiger partial charge < -0.3 is 9.47 Å². The highest BCUT2D eigenvalue weighted by Gasteiger charge is 2.27. The molecule has 0 saturated carbocycles. The fourth-order valence-corrected chi connectivity index (χ4v) is 2.57. The minimum Gasteiger partial charge on any atom is -0.454 e. The van der Waals surface area contributed by atoms with Crippen molar-refractivity contribution >= 4 is 11.0 Å². The second-order valence-corrected chi connectivity index (χ2v) is 6.97. The van der Waals surface area contributed by atoms with Crippen LogP contribution >= 0.6 is 0 Å². The summed E-state index contributed by atoms with van der Waals surface area (Å²) in [6.45, 7) is 6.23. The third kappa shape index (κ3) is 2.67. The summed E-state index contributed by atoms with van der Waals surface area (Å²) in [6.07, 6.45) is 0.760. The molecule has 0 aromatic heterocycles. The van der Waals surface area contributed by atoms with E-state index in [2.05, 4.69) is 6.92 Å². The van der Waals surface area contributed by atoms with Crippen molar-refractivity contribution in [2.24, 2.45) is 5.14 Å². The number of hydrogen-bond donors (Lipinski definition) is 1.